The minimum Gasteiger partial charge on any atom is -1.00 e. The zero-order chi connectivity index (χ0) is 16.4. The number of fused-ring (bicyclic) bond motifs is 1. The Morgan fingerprint density at radius 1 is 1.21 bits per heavy atom. The summed E-state index contributed by atoms with van der Waals surface area (Å²) in [6, 6.07) is 13.4. The lowest BCUT2D eigenvalue weighted by Gasteiger charge is -2.02. The molecule has 0 aliphatic rings. The third-order valence-electron chi connectivity index (χ3n) is 3.48. The van der Waals surface area contributed by atoms with Crippen molar-refractivity contribution in [3.63, 3.8) is 0 Å². The highest BCUT2D eigenvalue weighted by molar-refractivity contribution is 7.99. The summed E-state index contributed by atoms with van der Waals surface area (Å²) in [5.74, 6) is 0.145. The number of aromatic nitrogens is 2. The number of para-hydroxylation sites is 2. The number of Topliss-reactive ketones (excluding diaryl/α,β-unsaturated/α-hetero) is 1. The molecule has 2 aromatic carbocycles. The van der Waals surface area contributed by atoms with Crippen LogP contribution in [0.5, 0.6) is 0 Å². The molecule has 0 saturated carbocycles. The number of benzene rings is 2. The van der Waals surface area contributed by atoms with Gasteiger partial charge in [0.25, 0.3) is 5.69 Å². The van der Waals surface area contributed by atoms with Crippen LogP contribution < -0.4 is 17.0 Å². The number of carbonyl (C=O) groups is 1. The van der Waals surface area contributed by atoms with E-state index in [0.29, 0.717) is 5.56 Å². The quantitative estimate of drug-likeness (QED) is 0.266. The molecule has 8 heteroatoms. The standard InChI is InChI=1S/C16H13N3O3S.BrH/c1-18-14-5-3-2-4-13(14)17-16(18)23-10-15(20)11-6-8-12(9-7-11)19(21)22;/h2-9H,10H2,1H3;1H/p-1. The van der Waals surface area contributed by atoms with Crippen molar-refractivity contribution in [3.05, 3.63) is 64.2 Å². The van der Waals surface area contributed by atoms with Gasteiger partial charge in [-0.1, -0.05) is 23.9 Å². The van der Waals surface area contributed by atoms with Crippen LogP contribution >= 0.6 is 11.8 Å². The molecule has 0 bridgehead atoms. The molecule has 0 radical (unpaired) electrons. The fraction of sp³-hybridized carbons (Fsp3) is 0.125. The first kappa shape index (κ1) is 18.2. The second kappa shape index (κ2) is 7.59. The Balaban J connectivity index is 0.00000208. The second-order valence-corrected chi connectivity index (χ2v) is 5.90. The van der Waals surface area contributed by atoms with Gasteiger partial charge in [-0.15, -0.1) is 0 Å². The number of hydrogen-bond acceptors (Lipinski definition) is 5. The monoisotopic (exact) mass is 406 g/mol. The van der Waals surface area contributed by atoms with Gasteiger partial charge < -0.3 is 21.5 Å². The van der Waals surface area contributed by atoms with E-state index < -0.39 is 4.92 Å². The molecule has 0 unspecified atom stereocenters. The molecule has 124 valence electrons. The highest BCUT2D eigenvalue weighted by Crippen LogP contribution is 2.23. The highest BCUT2D eigenvalue weighted by Gasteiger charge is 2.13. The van der Waals surface area contributed by atoms with E-state index >= 15 is 0 Å². The van der Waals surface area contributed by atoms with Crippen LogP contribution in [0.15, 0.2) is 53.7 Å². The van der Waals surface area contributed by atoms with Crippen LogP contribution in [0.2, 0.25) is 0 Å². The number of nitrogens with zero attached hydrogens (tertiary/aromatic N) is 3. The number of ketones is 1. The maximum absolute atomic E-state index is 12.2. The number of halogens is 1. The molecule has 0 fully saturated rings. The van der Waals surface area contributed by atoms with Gasteiger partial charge in [0.1, 0.15) is 0 Å². The third-order valence-corrected chi connectivity index (χ3v) is 4.51. The first-order valence-electron chi connectivity index (χ1n) is 6.88. The van der Waals surface area contributed by atoms with E-state index in [4.69, 9.17) is 0 Å². The van der Waals surface area contributed by atoms with E-state index in [-0.39, 0.29) is 34.2 Å². The molecule has 1 aromatic heterocycles. The number of hydrogen-bond donors (Lipinski definition) is 0. The predicted molar refractivity (Wildman–Crippen MR) is 88.9 cm³/mol. The summed E-state index contributed by atoms with van der Waals surface area (Å²) in [5, 5.41) is 11.4. The number of rotatable bonds is 5. The Kier molecular flexibility index (Phi) is 5.74. The van der Waals surface area contributed by atoms with Crippen molar-refractivity contribution in [2.24, 2.45) is 7.05 Å². The van der Waals surface area contributed by atoms with Crippen molar-refractivity contribution in [1.29, 1.82) is 0 Å². The molecule has 0 N–H and O–H groups in total. The third kappa shape index (κ3) is 3.65. The lowest BCUT2D eigenvalue weighted by atomic mass is 10.1. The summed E-state index contributed by atoms with van der Waals surface area (Å²) < 4.78 is 1.95. The molecular formula is C16H13BrN3O3S-. The van der Waals surface area contributed by atoms with Crippen molar-refractivity contribution in [1.82, 2.24) is 9.55 Å². The largest absolute Gasteiger partial charge is 1.00 e. The molecule has 0 saturated heterocycles. The molecule has 0 atom stereocenters. The van der Waals surface area contributed by atoms with Gasteiger partial charge in [0, 0.05) is 24.7 Å². The predicted octanol–water partition coefficient (Wildman–Crippen LogP) is 0.460. The van der Waals surface area contributed by atoms with Crippen LogP contribution in [0, 0.1) is 10.1 Å². The molecule has 0 aliphatic heterocycles. The molecule has 0 amide bonds. The van der Waals surface area contributed by atoms with Crippen LogP contribution in [0.4, 0.5) is 5.69 Å². The first-order chi connectivity index (χ1) is 11.1. The van der Waals surface area contributed by atoms with Gasteiger partial charge >= 0.3 is 0 Å². The van der Waals surface area contributed by atoms with Crippen LogP contribution in [0.1, 0.15) is 10.4 Å². The van der Waals surface area contributed by atoms with Gasteiger partial charge in [0.2, 0.25) is 0 Å². The summed E-state index contributed by atoms with van der Waals surface area (Å²) >= 11 is 1.35. The SMILES string of the molecule is Cn1c(SCC(=O)c2ccc([N+](=O)[O-])cc2)nc2ccccc21.[Br-]. The number of aryl methyl sites for hydroxylation is 1. The number of nitro benzene ring substituents is 1. The van der Waals surface area contributed by atoms with Crippen molar-refractivity contribution in [2.45, 2.75) is 5.16 Å². The van der Waals surface area contributed by atoms with Crippen molar-refractivity contribution in [3.8, 4) is 0 Å². The van der Waals surface area contributed by atoms with Crippen LogP contribution in [-0.2, 0) is 7.05 Å². The van der Waals surface area contributed by atoms with E-state index in [1.54, 1.807) is 0 Å². The van der Waals surface area contributed by atoms with Gasteiger partial charge in [0.15, 0.2) is 10.9 Å². The molecule has 3 rings (SSSR count). The van der Waals surface area contributed by atoms with Gasteiger partial charge in [-0.25, -0.2) is 4.98 Å². The molecule has 3 aromatic rings. The first-order valence-corrected chi connectivity index (χ1v) is 7.87. The molecule has 0 spiro atoms. The van der Waals surface area contributed by atoms with E-state index in [1.165, 1.54) is 36.0 Å². The smallest absolute Gasteiger partial charge is 0.269 e. The van der Waals surface area contributed by atoms with E-state index in [2.05, 4.69) is 4.98 Å². The number of imidazole rings is 1. The summed E-state index contributed by atoms with van der Waals surface area (Å²) in [6.45, 7) is 0. The van der Waals surface area contributed by atoms with E-state index in [0.717, 1.165) is 16.2 Å². The van der Waals surface area contributed by atoms with E-state index in [9.17, 15) is 14.9 Å². The lowest BCUT2D eigenvalue weighted by Crippen LogP contribution is -3.00. The maximum atomic E-state index is 12.2. The summed E-state index contributed by atoms with van der Waals surface area (Å²) in [7, 11) is 1.91. The second-order valence-electron chi connectivity index (χ2n) is 4.96. The number of nitro groups is 1. The van der Waals surface area contributed by atoms with Crippen molar-refractivity contribution in [2.75, 3.05) is 5.75 Å². The number of thioether (sulfide) groups is 1. The lowest BCUT2D eigenvalue weighted by molar-refractivity contribution is -0.384. The summed E-state index contributed by atoms with van der Waals surface area (Å²) in [6.07, 6.45) is 0. The fourth-order valence-corrected chi connectivity index (χ4v) is 3.12. The van der Waals surface area contributed by atoms with Gasteiger partial charge in [0.05, 0.1) is 21.7 Å². The van der Waals surface area contributed by atoms with Gasteiger partial charge in [-0.3, -0.25) is 14.9 Å². The Hall–Kier alpha value is -2.19. The molecule has 24 heavy (non-hydrogen) atoms. The van der Waals surface area contributed by atoms with Crippen LogP contribution in [-0.4, -0.2) is 26.0 Å². The average Bonchev–Trinajstić information content (AvgIpc) is 2.89. The maximum Gasteiger partial charge on any atom is 0.269 e. The van der Waals surface area contributed by atoms with Crippen molar-refractivity contribution >= 4 is 34.3 Å². The van der Waals surface area contributed by atoms with Gasteiger partial charge in [-0.05, 0) is 24.3 Å². The molecule has 6 nitrogen and oxygen atoms in total. The zero-order valence-electron chi connectivity index (χ0n) is 12.7. The zero-order valence-corrected chi connectivity index (χ0v) is 15.1. The highest BCUT2D eigenvalue weighted by atomic mass is 79.9. The van der Waals surface area contributed by atoms with Crippen LogP contribution in [0.25, 0.3) is 11.0 Å². The minimum absolute atomic E-state index is 0. The normalized spacial score (nSPS) is 10.4. The molecular weight excluding hydrogens is 394 g/mol. The topological polar surface area (TPSA) is 78.0 Å². The number of carbonyl (C=O) groups excluding carboxylic acids is 1. The Labute approximate surface area is 152 Å². The van der Waals surface area contributed by atoms with Crippen LogP contribution in [0.3, 0.4) is 0 Å². The Morgan fingerprint density at radius 3 is 2.50 bits per heavy atom. The average molecular weight is 407 g/mol. The van der Waals surface area contributed by atoms with Gasteiger partial charge in [-0.2, -0.15) is 0 Å². The van der Waals surface area contributed by atoms with E-state index in [1.807, 2.05) is 35.9 Å². The van der Waals surface area contributed by atoms with Crippen molar-refractivity contribution < 1.29 is 26.7 Å². The molecule has 0 aliphatic carbocycles. The fourth-order valence-electron chi connectivity index (χ4n) is 2.23. The summed E-state index contributed by atoms with van der Waals surface area (Å²) in [4.78, 5) is 26.8. The minimum atomic E-state index is -0.484. The Morgan fingerprint density at radius 2 is 1.88 bits per heavy atom. The molecule has 1 heterocycles. The Bertz CT molecular complexity index is 893. The summed E-state index contributed by atoms with van der Waals surface area (Å²) in [5.41, 5.74) is 2.34. The number of non-ortho nitro benzene ring substituents is 1.